The lowest BCUT2D eigenvalue weighted by atomic mass is 9.89. The topological polar surface area (TPSA) is 3.24 Å². The van der Waals surface area contributed by atoms with Crippen molar-refractivity contribution in [1.82, 2.24) is 4.90 Å². The van der Waals surface area contributed by atoms with Crippen molar-refractivity contribution in [2.45, 2.75) is 18.4 Å². The van der Waals surface area contributed by atoms with Crippen molar-refractivity contribution in [3.63, 3.8) is 0 Å². The van der Waals surface area contributed by atoms with Gasteiger partial charge in [0.1, 0.15) is 0 Å². The Morgan fingerprint density at radius 3 is 3.45 bits per heavy atom. The molecule has 0 saturated carbocycles. The van der Waals surface area contributed by atoms with E-state index in [1.54, 1.807) is 5.57 Å². The summed E-state index contributed by atoms with van der Waals surface area (Å²) in [5, 5.41) is 0. The molecule has 0 aromatic heterocycles. The molecule has 11 heavy (non-hydrogen) atoms. The van der Waals surface area contributed by atoms with Crippen LogP contribution in [-0.2, 0) is 0 Å². The summed E-state index contributed by atoms with van der Waals surface area (Å²) in [5.41, 5.74) is 1.97. The first-order valence-corrected chi connectivity index (χ1v) is 4.20. The maximum absolute atomic E-state index is 2.46. The molecule has 3 aliphatic rings. The first-order valence-electron chi connectivity index (χ1n) is 4.20. The second kappa shape index (κ2) is 1.60. The van der Waals surface area contributed by atoms with Crippen molar-refractivity contribution in [3.05, 3.63) is 36.1 Å². The highest BCUT2D eigenvalue weighted by Gasteiger charge is 2.42. The van der Waals surface area contributed by atoms with Crippen LogP contribution in [0.25, 0.3) is 0 Å². The number of hydrogen-bond acceptors (Lipinski definition) is 1. The zero-order valence-electron chi connectivity index (χ0n) is 6.46. The Morgan fingerprint density at radius 1 is 1.45 bits per heavy atom. The summed E-state index contributed by atoms with van der Waals surface area (Å²) < 4.78 is 0. The van der Waals surface area contributed by atoms with Gasteiger partial charge in [-0.2, -0.15) is 0 Å². The molecule has 0 N–H and O–H groups in total. The summed E-state index contributed by atoms with van der Waals surface area (Å²) in [6.07, 6.45) is 13.8. The molecule has 1 atom stereocenters. The highest BCUT2D eigenvalue weighted by atomic mass is 15.2. The first kappa shape index (κ1) is 5.64. The fourth-order valence-corrected chi connectivity index (χ4v) is 2.40. The van der Waals surface area contributed by atoms with Crippen molar-refractivity contribution < 1.29 is 0 Å². The van der Waals surface area contributed by atoms with Crippen LogP contribution in [0, 0.1) is 0 Å². The third-order valence-electron chi connectivity index (χ3n) is 2.97. The lowest BCUT2D eigenvalue weighted by Crippen LogP contribution is -2.34. The van der Waals surface area contributed by atoms with Crippen LogP contribution < -0.4 is 0 Å². The molecule has 2 bridgehead atoms. The number of nitrogens with zero attached hydrogens (tertiary/aromatic N) is 1. The SMILES string of the molecule is C1=C[C@@]23CC=CN2CC(=C1)C3. The maximum atomic E-state index is 2.46. The largest absolute Gasteiger partial charge is 0.364 e. The van der Waals surface area contributed by atoms with Gasteiger partial charge in [-0.15, -0.1) is 0 Å². The van der Waals surface area contributed by atoms with Gasteiger partial charge < -0.3 is 4.90 Å². The van der Waals surface area contributed by atoms with Crippen molar-refractivity contribution in [3.8, 4) is 0 Å². The molecule has 3 rings (SSSR count). The molecule has 0 aromatic rings. The third kappa shape index (κ3) is 0.566. The zero-order chi connectivity index (χ0) is 7.31. The Kier molecular flexibility index (Phi) is 0.823. The summed E-state index contributed by atoms with van der Waals surface area (Å²) in [6.45, 7) is 1.16. The van der Waals surface area contributed by atoms with Gasteiger partial charge >= 0.3 is 0 Å². The van der Waals surface area contributed by atoms with Gasteiger partial charge in [-0.3, -0.25) is 0 Å². The maximum Gasteiger partial charge on any atom is 0.0658 e. The van der Waals surface area contributed by atoms with E-state index in [4.69, 9.17) is 0 Å². The van der Waals surface area contributed by atoms with Gasteiger partial charge in [0.05, 0.1) is 5.54 Å². The van der Waals surface area contributed by atoms with Crippen LogP contribution >= 0.6 is 0 Å². The van der Waals surface area contributed by atoms with Crippen LogP contribution in [0.5, 0.6) is 0 Å². The normalized spacial score (nSPS) is 37.8. The molecular weight excluding hydrogens is 134 g/mol. The van der Waals surface area contributed by atoms with E-state index < -0.39 is 0 Å². The van der Waals surface area contributed by atoms with Crippen molar-refractivity contribution in [2.24, 2.45) is 0 Å². The zero-order valence-corrected chi connectivity index (χ0v) is 6.46. The number of rotatable bonds is 0. The Balaban J connectivity index is 2.14. The van der Waals surface area contributed by atoms with Gasteiger partial charge in [0, 0.05) is 6.54 Å². The Morgan fingerprint density at radius 2 is 2.45 bits per heavy atom. The van der Waals surface area contributed by atoms with Gasteiger partial charge in [0.2, 0.25) is 0 Å². The fraction of sp³-hybridized carbons (Fsp3) is 0.400. The van der Waals surface area contributed by atoms with Crippen molar-refractivity contribution in [2.75, 3.05) is 6.54 Å². The average Bonchev–Trinajstić information content (AvgIpc) is 2.43. The second-order valence-electron chi connectivity index (χ2n) is 3.68. The molecule has 2 aliphatic heterocycles. The molecule has 1 heteroatoms. The summed E-state index contributed by atoms with van der Waals surface area (Å²) >= 11 is 0. The summed E-state index contributed by atoms with van der Waals surface area (Å²) in [6, 6.07) is 0. The molecule has 0 aromatic carbocycles. The average molecular weight is 145 g/mol. The van der Waals surface area contributed by atoms with Crippen LogP contribution in [0.2, 0.25) is 0 Å². The molecule has 2 heterocycles. The smallest absolute Gasteiger partial charge is 0.0658 e. The van der Waals surface area contributed by atoms with Gasteiger partial charge in [-0.1, -0.05) is 24.3 Å². The highest BCUT2D eigenvalue weighted by Crippen LogP contribution is 2.42. The Hall–Kier alpha value is -0.980. The van der Waals surface area contributed by atoms with Gasteiger partial charge in [0.25, 0.3) is 0 Å². The summed E-state index contributed by atoms with van der Waals surface area (Å²) in [5.74, 6) is 0. The second-order valence-corrected chi connectivity index (χ2v) is 3.68. The van der Waals surface area contributed by atoms with E-state index in [2.05, 4.69) is 35.4 Å². The standard InChI is InChI=1S/C10H11N/c1-3-9-7-10(4-1)5-2-6-11(10)8-9/h1-4,6H,5,7-8H2/t10-/m0/s1. The van der Waals surface area contributed by atoms with E-state index >= 15 is 0 Å². The van der Waals surface area contributed by atoms with E-state index in [-0.39, 0.29) is 0 Å². The van der Waals surface area contributed by atoms with Gasteiger partial charge in [-0.25, -0.2) is 0 Å². The van der Waals surface area contributed by atoms with Crippen molar-refractivity contribution >= 4 is 0 Å². The molecule has 1 spiro atoms. The van der Waals surface area contributed by atoms with Crippen LogP contribution in [0.3, 0.4) is 0 Å². The molecule has 1 aliphatic carbocycles. The number of allylic oxidation sites excluding steroid dienone is 2. The summed E-state index contributed by atoms with van der Waals surface area (Å²) in [7, 11) is 0. The lowest BCUT2D eigenvalue weighted by molar-refractivity contribution is 0.290. The predicted octanol–water partition coefficient (Wildman–Crippen LogP) is 1.84. The molecule has 0 radical (unpaired) electrons. The third-order valence-corrected chi connectivity index (χ3v) is 2.97. The molecule has 0 unspecified atom stereocenters. The van der Waals surface area contributed by atoms with E-state index in [1.807, 2.05) is 0 Å². The summed E-state index contributed by atoms with van der Waals surface area (Å²) in [4.78, 5) is 2.46. The predicted molar refractivity (Wildman–Crippen MR) is 45.0 cm³/mol. The monoisotopic (exact) mass is 145 g/mol. The molecular formula is C10H11N. The minimum absolute atomic E-state index is 0.379. The van der Waals surface area contributed by atoms with E-state index in [0.29, 0.717) is 5.54 Å². The van der Waals surface area contributed by atoms with E-state index in [0.717, 1.165) is 6.54 Å². The van der Waals surface area contributed by atoms with Crippen molar-refractivity contribution in [1.29, 1.82) is 0 Å². The van der Waals surface area contributed by atoms with Gasteiger partial charge in [-0.05, 0) is 24.6 Å². The van der Waals surface area contributed by atoms with Crippen LogP contribution in [0.4, 0.5) is 0 Å². The fourth-order valence-electron chi connectivity index (χ4n) is 2.40. The van der Waals surface area contributed by atoms with E-state index in [1.165, 1.54) is 12.8 Å². The van der Waals surface area contributed by atoms with Crippen LogP contribution in [0.1, 0.15) is 12.8 Å². The van der Waals surface area contributed by atoms with Crippen LogP contribution in [0.15, 0.2) is 36.1 Å². The first-order chi connectivity index (χ1) is 5.39. The highest BCUT2D eigenvalue weighted by molar-refractivity contribution is 5.37. The molecule has 1 fully saturated rings. The quantitative estimate of drug-likeness (QED) is 0.502. The Bertz CT molecular complexity index is 285. The minimum atomic E-state index is 0.379. The molecule has 1 saturated heterocycles. The number of hydrogen-bond donors (Lipinski definition) is 0. The molecule has 1 nitrogen and oxygen atoms in total. The van der Waals surface area contributed by atoms with E-state index in [9.17, 15) is 0 Å². The number of fused-ring (bicyclic) bond motifs is 1. The molecule has 56 valence electrons. The van der Waals surface area contributed by atoms with Gasteiger partial charge in [0.15, 0.2) is 0 Å². The minimum Gasteiger partial charge on any atom is -0.364 e. The lowest BCUT2D eigenvalue weighted by Gasteiger charge is -2.29. The Labute approximate surface area is 66.7 Å². The molecule has 0 amide bonds. The van der Waals surface area contributed by atoms with Crippen LogP contribution in [-0.4, -0.2) is 17.0 Å².